The molecule has 3 N–H and O–H groups in total. The summed E-state index contributed by atoms with van der Waals surface area (Å²) in [6, 6.07) is 6.17. The van der Waals surface area contributed by atoms with Crippen molar-refractivity contribution in [3.63, 3.8) is 0 Å². The SMILES string of the molecule is COc1c(-c2cc3c(s2)CC(N)C3)ccc2c(=O)c(C(=O)O)cn(C3CC3)c12.Cl. The Labute approximate surface area is 177 Å². The van der Waals surface area contributed by atoms with E-state index in [0.29, 0.717) is 16.7 Å². The standard InChI is InChI=1S/C21H20N2O4S.ClH/c1-27-20-13(17-7-10-6-11(22)8-16(10)28-17)4-5-14-18(20)23(12-2-3-12)9-15(19(14)24)21(25)26;/h4-5,7,9,11-12H,2-3,6,8,22H2,1H3,(H,25,26);1H. The molecule has 2 aromatic heterocycles. The number of halogens is 1. The first kappa shape index (κ1) is 19.9. The van der Waals surface area contributed by atoms with Crippen LogP contribution in [0, 0.1) is 0 Å². The van der Waals surface area contributed by atoms with Gasteiger partial charge in [0.2, 0.25) is 5.43 Å². The summed E-state index contributed by atoms with van der Waals surface area (Å²) in [6.07, 6.45) is 5.19. The predicted molar refractivity (Wildman–Crippen MR) is 116 cm³/mol. The van der Waals surface area contributed by atoms with Crippen LogP contribution in [0.4, 0.5) is 0 Å². The molecule has 2 aliphatic carbocycles. The molecule has 2 heterocycles. The molecule has 0 saturated heterocycles. The van der Waals surface area contributed by atoms with Gasteiger partial charge >= 0.3 is 5.97 Å². The number of carboxylic acid groups (broad SMARTS) is 1. The third-order valence-corrected chi connectivity index (χ3v) is 6.85. The fourth-order valence-corrected chi connectivity index (χ4v) is 5.46. The van der Waals surface area contributed by atoms with Crippen molar-refractivity contribution in [2.45, 2.75) is 37.8 Å². The molecule has 8 heteroatoms. The monoisotopic (exact) mass is 432 g/mol. The summed E-state index contributed by atoms with van der Waals surface area (Å²) in [4.78, 5) is 26.7. The van der Waals surface area contributed by atoms with Crippen LogP contribution in [0.15, 0.2) is 29.2 Å². The Morgan fingerprint density at radius 1 is 1.31 bits per heavy atom. The van der Waals surface area contributed by atoms with E-state index in [2.05, 4.69) is 6.07 Å². The number of hydrogen-bond acceptors (Lipinski definition) is 5. The maximum atomic E-state index is 12.8. The van der Waals surface area contributed by atoms with Gasteiger partial charge in [-0.25, -0.2) is 4.79 Å². The van der Waals surface area contributed by atoms with E-state index >= 15 is 0 Å². The summed E-state index contributed by atoms with van der Waals surface area (Å²) in [6.45, 7) is 0. The Hall–Kier alpha value is -2.35. The normalized spacial score (nSPS) is 17.8. The van der Waals surface area contributed by atoms with Crippen molar-refractivity contribution in [2.24, 2.45) is 5.73 Å². The van der Waals surface area contributed by atoms with E-state index < -0.39 is 11.4 Å². The largest absolute Gasteiger partial charge is 0.494 e. The molecule has 0 bridgehead atoms. The van der Waals surface area contributed by atoms with E-state index in [9.17, 15) is 14.7 Å². The van der Waals surface area contributed by atoms with E-state index in [1.165, 1.54) is 16.6 Å². The molecule has 6 nitrogen and oxygen atoms in total. The van der Waals surface area contributed by atoms with Crippen molar-refractivity contribution in [1.29, 1.82) is 0 Å². The lowest BCUT2D eigenvalue weighted by atomic mass is 10.0. The molecular formula is C21H21ClN2O4S. The second kappa shape index (κ2) is 7.16. The number of ether oxygens (including phenoxy) is 1. The lowest BCUT2D eigenvalue weighted by molar-refractivity contribution is 0.0695. The fourth-order valence-electron chi connectivity index (χ4n) is 4.15. The summed E-state index contributed by atoms with van der Waals surface area (Å²) in [5, 5.41) is 9.83. The highest BCUT2D eigenvalue weighted by Crippen LogP contribution is 2.45. The molecule has 5 rings (SSSR count). The molecule has 1 fully saturated rings. The van der Waals surface area contributed by atoms with Gasteiger partial charge in [-0.15, -0.1) is 23.7 Å². The van der Waals surface area contributed by atoms with Crippen LogP contribution in [-0.2, 0) is 12.8 Å². The smallest absolute Gasteiger partial charge is 0.341 e. The minimum absolute atomic E-state index is 0. The number of pyridine rings is 1. The fraction of sp³-hybridized carbons (Fsp3) is 0.333. The Bertz CT molecular complexity index is 1170. The van der Waals surface area contributed by atoms with Gasteiger partial charge in [0.1, 0.15) is 5.56 Å². The zero-order chi connectivity index (χ0) is 19.6. The van der Waals surface area contributed by atoms with E-state index in [1.807, 2.05) is 10.6 Å². The maximum absolute atomic E-state index is 12.8. The number of nitrogens with two attached hydrogens (primary N) is 1. The molecule has 1 aromatic carbocycles. The molecule has 0 amide bonds. The number of fused-ring (bicyclic) bond motifs is 2. The molecule has 0 radical (unpaired) electrons. The number of aromatic nitrogens is 1. The van der Waals surface area contributed by atoms with Gasteiger partial charge in [0.25, 0.3) is 0 Å². The molecule has 1 atom stereocenters. The second-order valence-electron chi connectivity index (χ2n) is 7.59. The van der Waals surface area contributed by atoms with Crippen LogP contribution in [0.1, 0.15) is 39.7 Å². The summed E-state index contributed by atoms with van der Waals surface area (Å²) < 4.78 is 7.70. The average Bonchev–Trinajstić information content (AvgIpc) is 3.34. The lowest BCUT2D eigenvalue weighted by Gasteiger charge is -2.17. The van der Waals surface area contributed by atoms with Crippen LogP contribution in [0.3, 0.4) is 0 Å². The van der Waals surface area contributed by atoms with Gasteiger partial charge in [0, 0.05) is 33.6 Å². The first-order valence-corrected chi connectivity index (χ1v) is 10.2. The first-order valence-electron chi connectivity index (χ1n) is 9.34. The van der Waals surface area contributed by atoms with E-state index in [1.54, 1.807) is 24.5 Å². The Kier molecular flexibility index (Phi) is 4.93. The van der Waals surface area contributed by atoms with Crippen LogP contribution >= 0.6 is 23.7 Å². The summed E-state index contributed by atoms with van der Waals surface area (Å²) in [5.74, 6) is -0.571. The topological polar surface area (TPSA) is 94.6 Å². The molecule has 1 saturated carbocycles. The number of hydrogen-bond donors (Lipinski definition) is 2. The lowest BCUT2D eigenvalue weighted by Crippen LogP contribution is -2.19. The van der Waals surface area contributed by atoms with Gasteiger partial charge in [-0.05, 0) is 49.4 Å². The van der Waals surface area contributed by atoms with Crippen molar-refractivity contribution < 1.29 is 14.6 Å². The molecular weight excluding hydrogens is 412 g/mol. The molecule has 152 valence electrons. The predicted octanol–water partition coefficient (Wildman–Crippen LogP) is 3.62. The number of thiophene rings is 1. The molecule has 29 heavy (non-hydrogen) atoms. The number of carboxylic acids is 1. The highest BCUT2D eigenvalue weighted by molar-refractivity contribution is 7.15. The molecule has 3 aromatic rings. The third kappa shape index (κ3) is 3.13. The number of benzene rings is 1. The van der Waals surface area contributed by atoms with Crippen molar-refractivity contribution in [3.8, 4) is 16.2 Å². The minimum atomic E-state index is -1.20. The molecule has 2 aliphatic rings. The van der Waals surface area contributed by atoms with Crippen molar-refractivity contribution in [1.82, 2.24) is 4.57 Å². The van der Waals surface area contributed by atoms with Gasteiger partial charge in [-0.2, -0.15) is 0 Å². The molecule has 0 spiro atoms. The Morgan fingerprint density at radius 2 is 2.07 bits per heavy atom. The average molecular weight is 433 g/mol. The Morgan fingerprint density at radius 3 is 2.69 bits per heavy atom. The number of aromatic carboxylic acids is 1. The van der Waals surface area contributed by atoms with Crippen molar-refractivity contribution in [2.75, 3.05) is 7.11 Å². The molecule has 1 unspecified atom stereocenters. The third-order valence-electron chi connectivity index (χ3n) is 5.61. The van der Waals surface area contributed by atoms with Crippen molar-refractivity contribution in [3.05, 3.63) is 50.6 Å². The highest BCUT2D eigenvalue weighted by atomic mass is 35.5. The van der Waals surface area contributed by atoms with Crippen molar-refractivity contribution >= 4 is 40.6 Å². The maximum Gasteiger partial charge on any atom is 0.341 e. The number of rotatable bonds is 4. The van der Waals surface area contributed by atoms with Gasteiger partial charge < -0.3 is 20.1 Å². The van der Waals surface area contributed by atoms with Gasteiger partial charge in [-0.1, -0.05) is 0 Å². The van der Waals surface area contributed by atoms with Gasteiger partial charge in [-0.3, -0.25) is 4.79 Å². The van der Waals surface area contributed by atoms with E-state index in [4.69, 9.17) is 10.5 Å². The molecule has 0 aliphatic heterocycles. The zero-order valence-electron chi connectivity index (χ0n) is 15.8. The Balaban J connectivity index is 0.00000205. The first-order chi connectivity index (χ1) is 13.5. The van der Waals surface area contributed by atoms with Crippen LogP contribution in [0.25, 0.3) is 21.3 Å². The number of nitrogens with zero attached hydrogens (tertiary/aromatic N) is 1. The summed E-state index contributed by atoms with van der Waals surface area (Å²) >= 11 is 1.72. The number of carbonyl (C=O) groups is 1. The van der Waals surface area contributed by atoms with Crippen LogP contribution in [0.2, 0.25) is 0 Å². The summed E-state index contributed by atoms with van der Waals surface area (Å²) in [7, 11) is 1.60. The van der Waals surface area contributed by atoms with Gasteiger partial charge in [0.15, 0.2) is 5.75 Å². The minimum Gasteiger partial charge on any atom is -0.494 e. The quantitative estimate of drug-likeness (QED) is 0.656. The van der Waals surface area contributed by atoms with E-state index in [-0.39, 0.29) is 30.1 Å². The zero-order valence-corrected chi connectivity index (χ0v) is 17.4. The van der Waals surface area contributed by atoms with Gasteiger partial charge in [0.05, 0.1) is 18.0 Å². The highest BCUT2D eigenvalue weighted by Gasteiger charge is 2.30. The van der Waals surface area contributed by atoms with Crippen LogP contribution in [0.5, 0.6) is 5.75 Å². The summed E-state index contributed by atoms with van der Waals surface area (Å²) in [5.41, 5.74) is 8.30. The number of methoxy groups -OCH3 is 1. The van der Waals surface area contributed by atoms with Crippen LogP contribution < -0.4 is 15.9 Å². The van der Waals surface area contributed by atoms with E-state index in [0.717, 1.165) is 36.1 Å². The van der Waals surface area contributed by atoms with Crippen LogP contribution in [-0.4, -0.2) is 28.8 Å². The second-order valence-corrected chi connectivity index (χ2v) is 8.72.